The van der Waals surface area contributed by atoms with Gasteiger partial charge in [0.2, 0.25) is 0 Å². The van der Waals surface area contributed by atoms with Gasteiger partial charge >= 0.3 is 0 Å². The zero-order chi connectivity index (χ0) is 15.5. The molecule has 0 unspecified atom stereocenters. The van der Waals surface area contributed by atoms with Gasteiger partial charge in [-0.15, -0.1) is 0 Å². The number of H-pyrrole nitrogens is 2. The fourth-order valence-electron chi connectivity index (χ4n) is 4.18. The predicted molar refractivity (Wildman–Crippen MR) is 96.3 cm³/mol. The van der Waals surface area contributed by atoms with Crippen LogP contribution in [0.5, 0.6) is 0 Å². The third-order valence-electron chi connectivity index (χ3n) is 5.46. The summed E-state index contributed by atoms with van der Waals surface area (Å²) in [4.78, 5) is 12.0. The molecule has 0 aromatic carbocycles. The van der Waals surface area contributed by atoms with Crippen LogP contribution in [0, 0.1) is 0 Å². The molecule has 0 amide bonds. The maximum absolute atomic E-state index is 4.95. The van der Waals surface area contributed by atoms with Gasteiger partial charge in [-0.05, 0) is 61.8 Å². The number of nitrogens with zero attached hydrogens (tertiary/aromatic N) is 1. The molecular weight excluding hydrogens is 282 g/mol. The van der Waals surface area contributed by atoms with E-state index in [1.807, 2.05) is 6.20 Å². The Bertz CT molecular complexity index is 655. The Morgan fingerprint density at radius 2 is 1.74 bits per heavy atom. The molecule has 2 aromatic heterocycles. The zero-order valence-electron chi connectivity index (χ0n) is 13.9. The second-order valence-corrected chi connectivity index (χ2v) is 7.09. The molecule has 3 heteroatoms. The normalized spacial score (nSPS) is 19.8. The van der Waals surface area contributed by atoms with Gasteiger partial charge in [-0.3, -0.25) is 4.99 Å². The Labute approximate surface area is 138 Å². The van der Waals surface area contributed by atoms with Crippen molar-refractivity contribution in [2.24, 2.45) is 4.99 Å². The summed E-state index contributed by atoms with van der Waals surface area (Å²) in [6, 6.07) is 4.77. The van der Waals surface area contributed by atoms with Gasteiger partial charge in [0.25, 0.3) is 0 Å². The van der Waals surface area contributed by atoms with Gasteiger partial charge in [0.15, 0.2) is 0 Å². The van der Waals surface area contributed by atoms with Gasteiger partial charge in [0.1, 0.15) is 0 Å². The zero-order valence-corrected chi connectivity index (χ0v) is 13.9. The lowest BCUT2D eigenvalue weighted by Gasteiger charge is -2.13. The Hall–Kier alpha value is -1.77. The number of aliphatic imine (C=N–C) groups is 1. The molecule has 2 aromatic rings. The molecule has 0 atom stereocenters. The molecule has 1 saturated carbocycles. The van der Waals surface area contributed by atoms with E-state index in [1.165, 1.54) is 92.4 Å². The predicted octanol–water partition coefficient (Wildman–Crippen LogP) is 5.03. The molecule has 122 valence electrons. The largest absolute Gasteiger partial charge is 0.360 e. The second-order valence-electron chi connectivity index (χ2n) is 7.09. The number of rotatable bonds is 3. The van der Waals surface area contributed by atoms with E-state index in [0.29, 0.717) is 6.04 Å². The highest BCUT2D eigenvalue weighted by Gasteiger charge is 2.21. The molecule has 1 fully saturated rings. The lowest BCUT2D eigenvalue weighted by atomic mass is 9.91. The van der Waals surface area contributed by atoms with Gasteiger partial charge in [-0.2, -0.15) is 0 Å². The van der Waals surface area contributed by atoms with E-state index < -0.39 is 0 Å². The monoisotopic (exact) mass is 309 g/mol. The maximum Gasteiger partial charge on any atom is 0.0659 e. The van der Waals surface area contributed by atoms with E-state index in [1.54, 1.807) is 0 Å². The molecule has 0 spiro atoms. The molecule has 0 bridgehead atoms. The van der Waals surface area contributed by atoms with Gasteiger partial charge in [-0.25, -0.2) is 0 Å². The lowest BCUT2D eigenvalue weighted by Crippen LogP contribution is -2.05. The minimum atomic E-state index is 0.536. The third kappa shape index (κ3) is 3.15. The Morgan fingerprint density at radius 1 is 0.957 bits per heavy atom. The molecule has 0 aliphatic heterocycles. The first-order valence-corrected chi connectivity index (χ1v) is 9.32. The van der Waals surface area contributed by atoms with Crippen molar-refractivity contribution in [1.29, 1.82) is 0 Å². The summed E-state index contributed by atoms with van der Waals surface area (Å²) >= 11 is 0. The van der Waals surface area contributed by atoms with Crippen molar-refractivity contribution in [3.05, 3.63) is 35.2 Å². The second kappa shape index (κ2) is 6.77. The smallest absolute Gasteiger partial charge is 0.0659 e. The van der Waals surface area contributed by atoms with E-state index in [2.05, 4.69) is 28.3 Å². The summed E-state index contributed by atoms with van der Waals surface area (Å²) in [6.45, 7) is 0. The SMILES string of the molecule is C(=NC1CCCCCC1)c1[nH]c(-c2ccc[nH]2)c2c1CCCC2. The first-order chi connectivity index (χ1) is 11.4. The van der Waals surface area contributed by atoms with E-state index in [4.69, 9.17) is 4.99 Å². The number of nitrogens with one attached hydrogen (secondary N) is 2. The third-order valence-corrected chi connectivity index (χ3v) is 5.46. The summed E-state index contributed by atoms with van der Waals surface area (Å²) < 4.78 is 0. The van der Waals surface area contributed by atoms with Crippen molar-refractivity contribution in [3.63, 3.8) is 0 Å². The summed E-state index contributed by atoms with van der Waals surface area (Å²) in [5, 5.41) is 0. The fourth-order valence-corrected chi connectivity index (χ4v) is 4.18. The topological polar surface area (TPSA) is 43.9 Å². The molecule has 2 heterocycles. The number of hydrogen-bond donors (Lipinski definition) is 2. The average molecular weight is 309 g/mol. The highest BCUT2D eigenvalue weighted by molar-refractivity contribution is 5.83. The molecule has 2 N–H and O–H groups in total. The summed E-state index contributed by atoms with van der Waals surface area (Å²) in [5.74, 6) is 0. The molecular formula is C20H27N3. The molecule has 0 radical (unpaired) electrons. The van der Waals surface area contributed by atoms with Crippen molar-refractivity contribution >= 4 is 6.21 Å². The van der Waals surface area contributed by atoms with Gasteiger partial charge in [0.05, 0.1) is 23.1 Å². The Morgan fingerprint density at radius 3 is 2.48 bits per heavy atom. The average Bonchev–Trinajstić information content (AvgIpc) is 3.15. The van der Waals surface area contributed by atoms with Gasteiger partial charge in [0, 0.05) is 12.4 Å². The first-order valence-electron chi connectivity index (χ1n) is 9.32. The van der Waals surface area contributed by atoms with E-state index >= 15 is 0 Å². The van der Waals surface area contributed by atoms with E-state index in [-0.39, 0.29) is 0 Å². The number of aromatic amines is 2. The molecule has 2 aliphatic rings. The van der Waals surface area contributed by atoms with E-state index in [9.17, 15) is 0 Å². The van der Waals surface area contributed by atoms with Crippen LogP contribution < -0.4 is 0 Å². The van der Waals surface area contributed by atoms with Crippen LogP contribution in [0.4, 0.5) is 0 Å². The van der Waals surface area contributed by atoms with Gasteiger partial charge in [-0.1, -0.05) is 25.7 Å². The Kier molecular flexibility index (Phi) is 4.36. The quantitative estimate of drug-likeness (QED) is 0.590. The van der Waals surface area contributed by atoms with Crippen molar-refractivity contribution in [2.75, 3.05) is 0 Å². The molecule has 23 heavy (non-hydrogen) atoms. The van der Waals surface area contributed by atoms with Crippen LogP contribution in [-0.2, 0) is 12.8 Å². The first kappa shape index (κ1) is 14.8. The highest BCUT2D eigenvalue weighted by Crippen LogP contribution is 2.32. The van der Waals surface area contributed by atoms with Crippen LogP contribution in [0.2, 0.25) is 0 Å². The van der Waals surface area contributed by atoms with Crippen LogP contribution in [0.25, 0.3) is 11.4 Å². The van der Waals surface area contributed by atoms with Crippen molar-refractivity contribution in [2.45, 2.75) is 70.3 Å². The van der Waals surface area contributed by atoms with Crippen molar-refractivity contribution < 1.29 is 0 Å². The summed E-state index contributed by atoms with van der Waals surface area (Å²) in [5.41, 5.74) is 6.78. The highest BCUT2D eigenvalue weighted by atomic mass is 14.8. The molecule has 3 nitrogen and oxygen atoms in total. The van der Waals surface area contributed by atoms with E-state index in [0.717, 1.165) is 0 Å². The minimum absolute atomic E-state index is 0.536. The lowest BCUT2D eigenvalue weighted by molar-refractivity contribution is 0.588. The molecule has 2 aliphatic carbocycles. The Balaban J connectivity index is 1.63. The minimum Gasteiger partial charge on any atom is -0.360 e. The van der Waals surface area contributed by atoms with Crippen LogP contribution in [-0.4, -0.2) is 22.2 Å². The van der Waals surface area contributed by atoms with Crippen LogP contribution >= 0.6 is 0 Å². The van der Waals surface area contributed by atoms with Gasteiger partial charge < -0.3 is 9.97 Å². The fraction of sp³-hybridized carbons (Fsp3) is 0.550. The van der Waals surface area contributed by atoms with Crippen LogP contribution in [0.3, 0.4) is 0 Å². The van der Waals surface area contributed by atoms with Crippen molar-refractivity contribution in [1.82, 2.24) is 9.97 Å². The maximum atomic E-state index is 4.95. The number of aromatic nitrogens is 2. The van der Waals surface area contributed by atoms with Crippen LogP contribution in [0.1, 0.15) is 68.2 Å². The molecule has 0 saturated heterocycles. The number of hydrogen-bond acceptors (Lipinski definition) is 1. The summed E-state index contributed by atoms with van der Waals surface area (Å²) in [7, 11) is 0. The standard InChI is InChI=1S/C20H27N3/c1-2-4-9-15(8-3-1)22-14-19-16-10-5-6-11-17(16)20(23-19)18-12-7-13-21-18/h7,12-15,21,23H,1-6,8-11H2. The van der Waals surface area contributed by atoms with Crippen molar-refractivity contribution in [3.8, 4) is 11.4 Å². The summed E-state index contributed by atoms with van der Waals surface area (Å²) in [6.07, 6.45) is 17.1. The van der Waals surface area contributed by atoms with Crippen LogP contribution in [0.15, 0.2) is 23.3 Å². The number of fused-ring (bicyclic) bond motifs is 1. The molecule has 4 rings (SSSR count).